The fourth-order valence-corrected chi connectivity index (χ4v) is 4.26. The molecular weight excluding hydrogens is 232 g/mol. The molecule has 1 aliphatic carbocycles. The lowest BCUT2D eigenvalue weighted by Gasteiger charge is -2.38. The van der Waals surface area contributed by atoms with Gasteiger partial charge in [0.15, 0.2) is 5.17 Å². The Morgan fingerprint density at radius 1 is 1.29 bits per heavy atom. The van der Waals surface area contributed by atoms with E-state index in [4.69, 9.17) is 9.73 Å². The predicted octanol–water partition coefficient (Wildman–Crippen LogP) is 2.56. The Bertz CT molecular complexity index is 314. The lowest BCUT2D eigenvalue weighted by Crippen LogP contribution is -2.48. The summed E-state index contributed by atoms with van der Waals surface area (Å²) in [5, 5.41) is 4.90. The standard InChI is InChI=1S/C13H22N2OS/c1-2-12(4-3-5-12)14-11-15-13(10-17-11)6-8-16-9-7-13/h2-10H2,1H3,(H,14,15). The summed E-state index contributed by atoms with van der Waals surface area (Å²) < 4.78 is 5.46. The molecule has 1 saturated carbocycles. The zero-order valence-electron chi connectivity index (χ0n) is 10.6. The summed E-state index contributed by atoms with van der Waals surface area (Å²) >= 11 is 1.92. The highest BCUT2D eigenvalue weighted by Gasteiger charge is 2.41. The molecular formula is C13H22N2OS. The van der Waals surface area contributed by atoms with Gasteiger partial charge in [0.25, 0.3) is 0 Å². The maximum Gasteiger partial charge on any atom is 0.157 e. The van der Waals surface area contributed by atoms with Gasteiger partial charge in [-0.05, 0) is 38.5 Å². The van der Waals surface area contributed by atoms with Crippen LogP contribution in [0.15, 0.2) is 4.99 Å². The molecule has 3 rings (SSSR count). The molecule has 4 heteroatoms. The molecule has 2 aliphatic heterocycles. The fraction of sp³-hybridized carbons (Fsp3) is 0.923. The maximum atomic E-state index is 5.46. The van der Waals surface area contributed by atoms with E-state index in [0.717, 1.165) is 26.1 Å². The molecule has 2 heterocycles. The highest BCUT2D eigenvalue weighted by Crippen LogP contribution is 2.41. The first-order valence-corrected chi connectivity index (χ1v) is 7.83. The highest BCUT2D eigenvalue weighted by molar-refractivity contribution is 8.14. The second kappa shape index (κ2) is 4.47. The molecule has 0 unspecified atom stereocenters. The number of nitrogens with zero attached hydrogens (tertiary/aromatic N) is 1. The van der Waals surface area contributed by atoms with Crippen LogP contribution in [0.5, 0.6) is 0 Å². The molecule has 1 spiro atoms. The van der Waals surface area contributed by atoms with Crippen LogP contribution in [0.25, 0.3) is 0 Å². The third-order valence-electron chi connectivity index (χ3n) is 4.59. The zero-order chi connectivity index (χ0) is 11.8. The number of nitrogens with one attached hydrogen (secondary N) is 1. The average Bonchev–Trinajstić information content (AvgIpc) is 2.68. The summed E-state index contributed by atoms with van der Waals surface area (Å²) in [6.45, 7) is 4.08. The van der Waals surface area contributed by atoms with Crippen molar-refractivity contribution in [3.8, 4) is 0 Å². The number of ether oxygens (including phenoxy) is 1. The molecule has 0 radical (unpaired) electrons. The minimum atomic E-state index is 0.284. The van der Waals surface area contributed by atoms with E-state index in [1.165, 1.54) is 36.6 Å². The van der Waals surface area contributed by atoms with Gasteiger partial charge in [0.2, 0.25) is 0 Å². The van der Waals surface area contributed by atoms with Crippen molar-refractivity contribution < 1.29 is 4.74 Å². The quantitative estimate of drug-likeness (QED) is 0.822. The normalized spacial score (nSPS) is 32.4. The fourth-order valence-electron chi connectivity index (χ4n) is 2.94. The topological polar surface area (TPSA) is 33.6 Å². The van der Waals surface area contributed by atoms with Crippen molar-refractivity contribution >= 4 is 16.9 Å². The summed E-state index contributed by atoms with van der Waals surface area (Å²) in [7, 11) is 0. The molecule has 0 aromatic rings. The molecule has 2 saturated heterocycles. The van der Waals surface area contributed by atoms with Crippen LogP contribution in [0, 0.1) is 0 Å². The van der Waals surface area contributed by atoms with Crippen molar-refractivity contribution in [2.24, 2.45) is 4.99 Å². The van der Waals surface area contributed by atoms with E-state index in [9.17, 15) is 0 Å². The number of amidine groups is 1. The van der Waals surface area contributed by atoms with Gasteiger partial charge in [-0.25, -0.2) is 0 Å². The van der Waals surface area contributed by atoms with E-state index in [1.807, 2.05) is 11.8 Å². The molecule has 1 N–H and O–H groups in total. The maximum absolute atomic E-state index is 5.46. The second-order valence-electron chi connectivity index (χ2n) is 5.65. The number of rotatable bonds is 2. The molecule has 17 heavy (non-hydrogen) atoms. The van der Waals surface area contributed by atoms with Crippen molar-refractivity contribution in [3.05, 3.63) is 0 Å². The van der Waals surface area contributed by atoms with E-state index in [0.29, 0.717) is 5.54 Å². The molecule has 0 amide bonds. The van der Waals surface area contributed by atoms with Crippen LogP contribution in [-0.4, -0.2) is 35.2 Å². The van der Waals surface area contributed by atoms with Gasteiger partial charge >= 0.3 is 0 Å². The van der Waals surface area contributed by atoms with E-state index < -0.39 is 0 Å². The van der Waals surface area contributed by atoms with Gasteiger partial charge in [0, 0.05) is 19.0 Å². The molecule has 0 aromatic carbocycles. The van der Waals surface area contributed by atoms with E-state index in [-0.39, 0.29) is 5.54 Å². The van der Waals surface area contributed by atoms with Gasteiger partial charge in [0.1, 0.15) is 0 Å². The minimum Gasteiger partial charge on any atom is -0.381 e. The Balaban J connectivity index is 1.68. The first-order chi connectivity index (χ1) is 8.26. The average molecular weight is 254 g/mol. The van der Waals surface area contributed by atoms with E-state index in [2.05, 4.69) is 12.2 Å². The van der Waals surface area contributed by atoms with E-state index in [1.54, 1.807) is 0 Å². The third kappa shape index (κ3) is 2.22. The molecule has 0 aromatic heterocycles. The van der Waals surface area contributed by atoms with Crippen LogP contribution < -0.4 is 5.32 Å². The zero-order valence-corrected chi connectivity index (χ0v) is 11.4. The van der Waals surface area contributed by atoms with Gasteiger partial charge in [-0.15, -0.1) is 0 Å². The minimum absolute atomic E-state index is 0.284. The van der Waals surface area contributed by atoms with Crippen LogP contribution in [-0.2, 0) is 4.74 Å². The SMILES string of the molecule is CCC1(N=C2NC3(CCOCC3)CS2)CCC1. The Morgan fingerprint density at radius 3 is 2.65 bits per heavy atom. The number of thioether (sulfide) groups is 1. The number of hydrogen-bond donors (Lipinski definition) is 1. The summed E-state index contributed by atoms with van der Waals surface area (Å²) in [6.07, 6.45) is 7.39. The van der Waals surface area contributed by atoms with Gasteiger partial charge in [0.05, 0.1) is 11.1 Å². The summed E-state index contributed by atoms with van der Waals surface area (Å²) in [5.41, 5.74) is 0.576. The van der Waals surface area contributed by atoms with Crippen LogP contribution >= 0.6 is 11.8 Å². The summed E-state index contributed by atoms with van der Waals surface area (Å²) in [5.74, 6) is 1.18. The molecule has 0 atom stereocenters. The van der Waals surface area contributed by atoms with Crippen molar-refractivity contribution in [1.29, 1.82) is 0 Å². The molecule has 3 nitrogen and oxygen atoms in total. The van der Waals surface area contributed by atoms with Gasteiger partial charge in [-0.1, -0.05) is 18.7 Å². The predicted molar refractivity (Wildman–Crippen MR) is 72.7 cm³/mol. The summed E-state index contributed by atoms with van der Waals surface area (Å²) in [6, 6.07) is 0. The van der Waals surface area contributed by atoms with Crippen LogP contribution in [0.1, 0.15) is 45.4 Å². The molecule has 3 fully saturated rings. The van der Waals surface area contributed by atoms with Crippen molar-refractivity contribution in [1.82, 2.24) is 5.32 Å². The highest BCUT2D eigenvalue weighted by atomic mass is 32.2. The van der Waals surface area contributed by atoms with Gasteiger partial charge in [-0.2, -0.15) is 0 Å². The Kier molecular flexibility index (Phi) is 3.11. The van der Waals surface area contributed by atoms with E-state index >= 15 is 0 Å². The first-order valence-electron chi connectivity index (χ1n) is 6.85. The Morgan fingerprint density at radius 2 is 2.06 bits per heavy atom. The first kappa shape index (κ1) is 11.8. The lowest BCUT2D eigenvalue weighted by molar-refractivity contribution is 0.0554. The lowest BCUT2D eigenvalue weighted by atomic mass is 9.75. The summed E-state index contributed by atoms with van der Waals surface area (Å²) in [4.78, 5) is 5.01. The van der Waals surface area contributed by atoms with Crippen molar-refractivity contribution in [2.45, 2.75) is 56.5 Å². The molecule has 96 valence electrons. The van der Waals surface area contributed by atoms with Crippen molar-refractivity contribution in [3.63, 3.8) is 0 Å². The molecule has 3 aliphatic rings. The van der Waals surface area contributed by atoms with Gasteiger partial charge < -0.3 is 10.1 Å². The molecule has 0 bridgehead atoms. The second-order valence-corrected chi connectivity index (χ2v) is 6.62. The van der Waals surface area contributed by atoms with Crippen LogP contribution in [0.4, 0.5) is 0 Å². The smallest absolute Gasteiger partial charge is 0.157 e. The van der Waals surface area contributed by atoms with Crippen LogP contribution in [0.2, 0.25) is 0 Å². The largest absolute Gasteiger partial charge is 0.381 e. The number of hydrogen-bond acceptors (Lipinski definition) is 3. The monoisotopic (exact) mass is 254 g/mol. The van der Waals surface area contributed by atoms with Gasteiger partial charge in [-0.3, -0.25) is 4.99 Å². The van der Waals surface area contributed by atoms with Crippen molar-refractivity contribution in [2.75, 3.05) is 19.0 Å². The Hall–Kier alpha value is -0.220. The van der Waals surface area contributed by atoms with Crippen LogP contribution in [0.3, 0.4) is 0 Å². The third-order valence-corrected chi connectivity index (χ3v) is 5.75. The number of aliphatic imine (C=N–C) groups is 1. The Labute approximate surface area is 108 Å².